The molecule has 2 aliphatic heterocycles. The molecule has 178 valence electrons. The van der Waals surface area contributed by atoms with Gasteiger partial charge in [0.05, 0.1) is 19.9 Å². The van der Waals surface area contributed by atoms with E-state index in [4.69, 9.17) is 9.47 Å². The smallest absolute Gasteiger partial charge is 0.274 e. The highest BCUT2D eigenvalue weighted by molar-refractivity contribution is 5.95. The van der Waals surface area contributed by atoms with Crippen molar-refractivity contribution < 1.29 is 19.1 Å². The van der Waals surface area contributed by atoms with Crippen molar-refractivity contribution in [2.24, 2.45) is 0 Å². The van der Waals surface area contributed by atoms with Gasteiger partial charge in [-0.05, 0) is 49.6 Å². The van der Waals surface area contributed by atoms with Crippen molar-refractivity contribution >= 4 is 11.8 Å². The number of hydrogen-bond acceptors (Lipinski definition) is 6. The number of aromatic amines is 1. The third kappa shape index (κ3) is 4.11. The lowest BCUT2D eigenvalue weighted by Crippen LogP contribution is -2.50. The van der Waals surface area contributed by atoms with Crippen molar-refractivity contribution in [1.29, 1.82) is 0 Å². The Morgan fingerprint density at radius 3 is 2.38 bits per heavy atom. The fourth-order valence-electron chi connectivity index (χ4n) is 4.55. The molecule has 2 aliphatic rings. The predicted octanol–water partition coefficient (Wildman–Crippen LogP) is 2.22. The first-order valence-corrected chi connectivity index (χ1v) is 11.5. The number of fused-ring (bicyclic) bond motifs is 1. The molecule has 34 heavy (non-hydrogen) atoms. The van der Waals surface area contributed by atoms with Crippen LogP contribution in [0.15, 0.2) is 30.3 Å². The molecule has 1 fully saturated rings. The average molecular weight is 465 g/mol. The van der Waals surface area contributed by atoms with E-state index in [0.29, 0.717) is 54.8 Å². The summed E-state index contributed by atoms with van der Waals surface area (Å²) < 4.78 is 12.7. The second-order valence-electron chi connectivity index (χ2n) is 8.52. The lowest BCUT2D eigenvalue weighted by molar-refractivity contribution is 0.0528. The Hall–Kier alpha value is -3.82. The maximum absolute atomic E-state index is 13.1. The highest BCUT2D eigenvalue weighted by atomic mass is 16.5. The Balaban J connectivity index is 1.24. The largest absolute Gasteiger partial charge is 0.497 e. The summed E-state index contributed by atoms with van der Waals surface area (Å²) in [4.78, 5) is 29.5. The van der Waals surface area contributed by atoms with Gasteiger partial charge in [0.25, 0.3) is 11.8 Å². The third-order valence-electron chi connectivity index (χ3n) is 6.48. The van der Waals surface area contributed by atoms with E-state index in [1.807, 2.05) is 16.8 Å². The second kappa shape index (κ2) is 9.20. The maximum Gasteiger partial charge on any atom is 0.274 e. The molecule has 0 aliphatic carbocycles. The van der Waals surface area contributed by atoms with Crippen LogP contribution in [-0.4, -0.2) is 82.0 Å². The Morgan fingerprint density at radius 2 is 1.68 bits per heavy atom. The molecule has 1 N–H and O–H groups in total. The number of H-pyrrole nitrogens is 1. The average Bonchev–Trinajstić information content (AvgIpc) is 3.55. The van der Waals surface area contributed by atoms with Crippen LogP contribution >= 0.6 is 0 Å². The van der Waals surface area contributed by atoms with E-state index in [9.17, 15) is 9.59 Å². The summed E-state index contributed by atoms with van der Waals surface area (Å²) in [5.74, 6) is 1.10. The Kier molecular flexibility index (Phi) is 5.95. The van der Waals surface area contributed by atoms with Gasteiger partial charge >= 0.3 is 0 Å². The van der Waals surface area contributed by atoms with Gasteiger partial charge in [-0.25, -0.2) is 0 Å². The molecule has 10 nitrogen and oxygen atoms in total. The molecule has 10 heteroatoms. The van der Waals surface area contributed by atoms with Crippen molar-refractivity contribution in [3.05, 3.63) is 47.4 Å². The van der Waals surface area contributed by atoms with E-state index in [0.717, 1.165) is 37.1 Å². The van der Waals surface area contributed by atoms with E-state index in [-0.39, 0.29) is 11.8 Å². The standard InChI is InChI=1S/C24H28N6O4/c1-33-17-6-7-22(34-2)18(14-17)19-15-20(26-25-19)23(31)28-9-11-29(12-10-28)24(32)21-13-16-5-3-4-8-30(16)27-21/h6-7,13-15H,3-5,8-12H2,1-2H3,(H,25,26). The first-order valence-electron chi connectivity index (χ1n) is 11.5. The van der Waals surface area contributed by atoms with E-state index in [1.165, 1.54) is 0 Å². The van der Waals surface area contributed by atoms with Gasteiger partial charge in [0, 0.05) is 44.0 Å². The first-order chi connectivity index (χ1) is 16.6. The zero-order chi connectivity index (χ0) is 23.7. The number of rotatable bonds is 5. The highest BCUT2D eigenvalue weighted by Gasteiger charge is 2.28. The summed E-state index contributed by atoms with van der Waals surface area (Å²) in [7, 11) is 3.18. The van der Waals surface area contributed by atoms with Gasteiger partial charge in [0.15, 0.2) is 5.69 Å². The number of benzene rings is 1. The van der Waals surface area contributed by atoms with Crippen LogP contribution in [0.2, 0.25) is 0 Å². The van der Waals surface area contributed by atoms with Gasteiger partial charge < -0.3 is 19.3 Å². The van der Waals surface area contributed by atoms with Crippen LogP contribution in [-0.2, 0) is 13.0 Å². The van der Waals surface area contributed by atoms with Gasteiger partial charge in [0.2, 0.25) is 0 Å². The Bertz CT molecular complexity index is 1180. The number of hydrogen-bond donors (Lipinski definition) is 1. The van der Waals surface area contributed by atoms with Crippen molar-refractivity contribution in [3.63, 3.8) is 0 Å². The molecule has 1 saturated heterocycles. The summed E-state index contributed by atoms with van der Waals surface area (Å²) >= 11 is 0. The molecule has 0 saturated carbocycles. The Labute approximate surface area is 197 Å². The molecule has 0 unspecified atom stereocenters. The molecule has 5 rings (SSSR count). The summed E-state index contributed by atoms with van der Waals surface area (Å²) in [6.07, 6.45) is 3.21. The number of aromatic nitrogens is 4. The van der Waals surface area contributed by atoms with Crippen LogP contribution in [0.1, 0.15) is 39.5 Å². The normalized spacial score (nSPS) is 15.7. The van der Waals surface area contributed by atoms with E-state index in [2.05, 4.69) is 15.3 Å². The minimum Gasteiger partial charge on any atom is -0.497 e. The SMILES string of the molecule is COc1ccc(OC)c(-c2cc(C(=O)N3CCN(C(=O)c4cc5n(n4)CCCC5)CC3)[nH]n2)c1. The molecule has 1 aromatic carbocycles. The number of piperazine rings is 1. The number of nitrogens with zero attached hydrogens (tertiary/aromatic N) is 5. The lowest BCUT2D eigenvalue weighted by atomic mass is 10.1. The fraction of sp³-hybridized carbons (Fsp3) is 0.417. The van der Waals surface area contributed by atoms with Gasteiger partial charge in [0.1, 0.15) is 17.2 Å². The van der Waals surface area contributed by atoms with Crippen LogP contribution in [0.3, 0.4) is 0 Å². The van der Waals surface area contributed by atoms with Crippen LogP contribution in [0, 0.1) is 0 Å². The number of carbonyl (C=O) groups excluding carboxylic acids is 2. The van der Waals surface area contributed by atoms with Crippen molar-refractivity contribution in [2.75, 3.05) is 40.4 Å². The fourth-order valence-corrected chi connectivity index (χ4v) is 4.55. The highest BCUT2D eigenvalue weighted by Crippen LogP contribution is 2.32. The zero-order valence-corrected chi connectivity index (χ0v) is 19.4. The minimum atomic E-state index is -0.148. The van der Waals surface area contributed by atoms with Crippen LogP contribution < -0.4 is 9.47 Å². The molecular formula is C24H28N6O4. The number of methoxy groups -OCH3 is 2. The molecule has 4 heterocycles. The number of aryl methyl sites for hydroxylation is 2. The first kappa shape index (κ1) is 22.0. The molecule has 0 atom stereocenters. The molecule has 2 aromatic heterocycles. The molecule has 0 spiro atoms. The molecule has 3 aromatic rings. The summed E-state index contributed by atoms with van der Waals surface area (Å²) in [5, 5.41) is 11.7. The topological polar surface area (TPSA) is 106 Å². The molecule has 0 radical (unpaired) electrons. The van der Waals surface area contributed by atoms with Crippen molar-refractivity contribution in [2.45, 2.75) is 25.8 Å². The predicted molar refractivity (Wildman–Crippen MR) is 124 cm³/mol. The molecule has 0 bridgehead atoms. The van der Waals surface area contributed by atoms with Gasteiger partial charge in [-0.1, -0.05) is 0 Å². The van der Waals surface area contributed by atoms with Crippen molar-refractivity contribution in [3.8, 4) is 22.8 Å². The second-order valence-corrected chi connectivity index (χ2v) is 8.52. The van der Waals surface area contributed by atoms with Crippen LogP contribution in [0.5, 0.6) is 11.5 Å². The summed E-state index contributed by atoms with van der Waals surface area (Å²) in [6, 6.07) is 9.06. The maximum atomic E-state index is 13.1. The number of ether oxygens (including phenoxy) is 2. The quantitative estimate of drug-likeness (QED) is 0.621. The number of carbonyl (C=O) groups is 2. The monoisotopic (exact) mass is 464 g/mol. The minimum absolute atomic E-state index is 0.0667. The Morgan fingerprint density at radius 1 is 0.912 bits per heavy atom. The van der Waals surface area contributed by atoms with Gasteiger partial charge in [-0.2, -0.15) is 10.2 Å². The third-order valence-corrected chi connectivity index (χ3v) is 6.48. The number of nitrogens with one attached hydrogen (secondary N) is 1. The van der Waals surface area contributed by atoms with Crippen LogP contribution in [0.25, 0.3) is 11.3 Å². The summed E-state index contributed by atoms with van der Waals surface area (Å²) in [5.41, 5.74) is 3.35. The summed E-state index contributed by atoms with van der Waals surface area (Å²) in [6.45, 7) is 2.72. The molecular weight excluding hydrogens is 436 g/mol. The van der Waals surface area contributed by atoms with E-state index in [1.54, 1.807) is 42.2 Å². The van der Waals surface area contributed by atoms with Crippen LogP contribution in [0.4, 0.5) is 0 Å². The van der Waals surface area contributed by atoms with E-state index >= 15 is 0 Å². The van der Waals surface area contributed by atoms with Gasteiger partial charge in [-0.15, -0.1) is 0 Å². The number of amides is 2. The van der Waals surface area contributed by atoms with E-state index < -0.39 is 0 Å². The zero-order valence-electron chi connectivity index (χ0n) is 19.4. The van der Waals surface area contributed by atoms with Crippen molar-refractivity contribution in [1.82, 2.24) is 29.8 Å². The lowest BCUT2D eigenvalue weighted by Gasteiger charge is -2.34. The molecule has 2 amide bonds. The van der Waals surface area contributed by atoms with Gasteiger partial charge in [-0.3, -0.25) is 19.4 Å².